The first kappa shape index (κ1) is 22.4. The van der Waals surface area contributed by atoms with Gasteiger partial charge in [0, 0.05) is 36.9 Å². The third-order valence-electron chi connectivity index (χ3n) is 5.25. The number of sulfonamides is 1. The highest BCUT2D eigenvalue weighted by molar-refractivity contribution is 7.92. The first-order valence-corrected chi connectivity index (χ1v) is 11.9. The molecule has 30 heavy (non-hydrogen) atoms. The molecule has 0 N–H and O–H groups in total. The molecule has 1 fully saturated rings. The second kappa shape index (κ2) is 8.81. The van der Waals surface area contributed by atoms with Gasteiger partial charge in [0.25, 0.3) is 0 Å². The maximum absolute atomic E-state index is 13.3. The number of hydrogen-bond donors (Lipinski definition) is 0. The Kier molecular flexibility index (Phi) is 6.57. The van der Waals surface area contributed by atoms with Crippen molar-refractivity contribution in [2.24, 2.45) is 0 Å². The van der Waals surface area contributed by atoms with Gasteiger partial charge < -0.3 is 9.80 Å². The largest absolute Gasteiger partial charge is 0.368 e. The molecule has 2 aromatic rings. The Morgan fingerprint density at radius 3 is 2.27 bits per heavy atom. The SMILES string of the molecule is Cc1ccc(Cl)cc1N1CCN(C(=O)[C@@H](C)N(c2ccc(F)cc2)S(C)(=O)=O)CC1. The van der Waals surface area contributed by atoms with Gasteiger partial charge in [0.15, 0.2) is 0 Å². The number of benzene rings is 2. The number of carbonyl (C=O) groups excluding carboxylic acids is 1. The van der Waals surface area contributed by atoms with Gasteiger partial charge in [0.1, 0.15) is 11.9 Å². The number of carbonyl (C=O) groups is 1. The summed E-state index contributed by atoms with van der Waals surface area (Å²) in [6, 6.07) is 9.86. The summed E-state index contributed by atoms with van der Waals surface area (Å²) in [5.74, 6) is -0.758. The first-order chi connectivity index (χ1) is 14.1. The van der Waals surface area contributed by atoms with Crippen molar-refractivity contribution in [3.63, 3.8) is 0 Å². The zero-order chi connectivity index (χ0) is 22.1. The Morgan fingerprint density at radius 1 is 1.10 bits per heavy atom. The summed E-state index contributed by atoms with van der Waals surface area (Å²) < 4.78 is 39.1. The lowest BCUT2D eigenvalue weighted by Crippen LogP contribution is -2.55. The second-order valence-corrected chi connectivity index (χ2v) is 9.75. The molecule has 2 aromatic carbocycles. The molecule has 6 nitrogen and oxygen atoms in total. The molecule has 3 rings (SSSR count). The van der Waals surface area contributed by atoms with Crippen molar-refractivity contribution in [3.8, 4) is 0 Å². The van der Waals surface area contributed by atoms with E-state index in [2.05, 4.69) is 4.90 Å². The van der Waals surface area contributed by atoms with E-state index in [1.165, 1.54) is 24.3 Å². The molecule has 0 unspecified atom stereocenters. The van der Waals surface area contributed by atoms with Crippen LogP contribution in [-0.4, -0.2) is 57.7 Å². The Hall–Kier alpha value is -2.32. The van der Waals surface area contributed by atoms with Gasteiger partial charge in [-0.05, 0) is 55.8 Å². The zero-order valence-electron chi connectivity index (χ0n) is 17.2. The van der Waals surface area contributed by atoms with Gasteiger partial charge in [-0.2, -0.15) is 0 Å². The molecule has 0 aromatic heterocycles. The van der Waals surface area contributed by atoms with Crippen LogP contribution in [0.15, 0.2) is 42.5 Å². The van der Waals surface area contributed by atoms with E-state index in [1.807, 2.05) is 25.1 Å². The third kappa shape index (κ3) is 4.87. The third-order valence-corrected chi connectivity index (χ3v) is 6.73. The standard InChI is InChI=1S/C21H25ClFN3O3S/c1-15-4-5-17(22)14-20(15)24-10-12-25(13-11-24)21(27)16(2)26(30(3,28)29)19-8-6-18(23)7-9-19/h4-9,14,16H,10-13H2,1-3H3/t16-/m1/s1. The fourth-order valence-electron chi connectivity index (χ4n) is 3.75. The molecule has 0 bridgehead atoms. The van der Waals surface area contributed by atoms with Crippen LogP contribution < -0.4 is 9.21 Å². The fourth-order valence-corrected chi connectivity index (χ4v) is 5.08. The van der Waals surface area contributed by atoms with Crippen LogP contribution in [0.1, 0.15) is 12.5 Å². The van der Waals surface area contributed by atoms with E-state index in [0.717, 1.165) is 21.8 Å². The minimum atomic E-state index is -3.74. The predicted octanol–water partition coefficient (Wildman–Crippen LogP) is 3.29. The highest BCUT2D eigenvalue weighted by Gasteiger charge is 2.33. The molecule has 0 spiro atoms. The van der Waals surface area contributed by atoms with Crippen LogP contribution in [0.4, 0.5) is 15.8 Å². The molecule has 1 saturated heterocycles. The van der Waals surface area contributed by atoms with Crippen molar-refractivity contribution in [2.75, 3.05) is 41.6 Å². The van der Waals surface area contributed by atoms with E-state index in [4.69, 9.17) is 11.6 Å². The lowest BCUT2D eigenvalue weighted by atomic mass is 10.1. The van der Waals surface area contributed by atoms with E-state index in [9.17, 15) is 17.6 Å². The first-order valence-electron chi connectivity index (χ1n) is 9.63. The Bertz CT molecular complexity index is 1020. The van der Waals surface area contributed by atoms with Gasteiger partial charge in [-0.1, -0.05) is 17.7 Å². The van der Waals surface area contributed by atoms with Crippen LogP contribution >= 0.6 is 11.6 Å². The molecule has 1 aliphatic heterocycles. The molecule has 0 radical (unpaired) electrons. The number of amides is 1. The summed E-state index contributed by atoms with van der Waals surface area (Å²) in [6.45, 7) is 5.74. The summed E-state index contributed by atoms with van der Waals surface area (Å²) >= 11 is 6.13. The maximum atomic E-state index is 13.3. The molecule has 0 aliphatic carbocycles. The molecule has 9 heteroatoms. The Morgan fingerprint density at radius 2 is 1.70 bits per heavy atom. The van der Waals surface area contributed by atoms with E-state index in [1.54, 1.807) is 11.8 Å². The minimum Gasteiger partial charge on any atom is -0.368 e. The van der Waals surface area contributed by atoms with E-state index in [-0.39, 0.29) is 11.6 Å². The number of nitrogens with zero attached hydrogens (tertiary/aromatic N) is 3. The van der Waals surface area contributed by atoms with Gasteiger partial charge in [0.05, 0.1) is 11.9 Å². The van der Waals surface area contributed by atoms with Crippen molar-refractivity contribution in [2.45, 2.75) is 19.9 Å². The van der Waals surface area contributed by atoms with Crippen molar-refractivity contribution < 1.29 is 17.6 Å². The number of halogens is 2. The van der Waals surface area contributed by atoms with Crippen LogP contribution in [0, 0.1) is 12.7 Å². The predicted molar refractivity (Wildman–Crippen MR) is 118 cm³/mol. The minimum absolute atomic E-state index is 0.257. The van der Waals surface area contributed by atoms with Gasteiger partial charge in [-0.3, -0.25) is 9.10 Å². The number of rotatable bonds is 5. The van der Waals surface area contributed by atoms with Crippen LogP contribution in [0.2, 0.25) is 5.02 Å². The topological polar surface area (TPSA) is 60.9 Å². The van der Waals surface area contributed by atoms with Crippen molar-refractivity contribution >= 4 is 38.9 Å². The fraction of sp³-hybridized carbons (Fsp3) is 0.381. The normalized spacial score (nSPS) is 15.8. The summed E-state index contributed by atoms with van der Waals surface area (Å²) in [5, 5.41) is 0.658. The lowest BCUT2D eigenvalue weighted by molar-refractivity contribution is -0.132. The monoisotopic (exact) mass is 453 g/mol. The molecule has 1 amide bonds. The highest BCUT2D eigenvalue weighted by Crippen LogP contribution is 2.26. The van der Waals surface area contributed by atoms with Gasteiger partial charge >= 0.3 is 0 Å². The van der Waals surface area contributed by atoms with Crippen molar-refractivity contribution in [3.05, 3.63) is 58.9 Å². The van der Waals surface area contributed by atoms with E-state index < -0.39 is 21.9 Å². The Labute approximate surface area is 181 Å². The number of aryl methyl sites for hydroxylation is 1. The van der Waals surface area contributed by atoms with Gasteiger partial charge in [-0.25, -0.2) is 12.8 Å². The van der Waals surface area contributed by atoms with Crippen LogP contribution in [0.5, 0.6) is 0 Å². The average Bonchev–Trinajstić information content (AvgIpc) is 2.70. The van der Waals surface area contributed by atoms with E-state index >= 15 is 0 Å². The van der Waals surface area contributed by atoms with Crippen LogP contribution in [0.25, 0.3) is 0 Å². The van der Waals surface area contributed by atoms with Crippen LogP contribution in [-0.2, 0) is 14.8 Å². The van der Waals surface area contributed by atoms with Gasteiger partial charge in [-0.15, -0.1) is 0 Å². The maximum Gasteiger partial charge on any atom is 0.246 e. The second-order valence-electron chi connectivity index (χ2n) is 7.45. The van der Waals surface area contributed by atoms with Crippen molar-refractivity contribution in [1.82, 2.24) is 4.90 Å². The van der Waals surface area contributed by atoms with E-state index in [0.29, 0.717) is 31.2 Å². The number of hydrogen-bond acceptors (Lipinski definition) is 4. The zero-order valence-corrected chi connectivity index (χ0v) is 18.8. The molecule has 1 aliphatic rings. The van der Waals surface area contributed by atoms with Crippen molar-refractivity contribution in [1.29, 1.82) is 0 Å². The number of anilines is 2. The summed E-state index contributed by atoms with van der Waals surface area (Å²) in [6.07, 6.45) is 1.04. The highest BCUT2D eigenvalue weighted by atomic mass is 35.5. The van der Waals surface area contributed by atoms with Crippen LogP contribution in [0.3, 0.4) is 0 Å². The molecular formula is C21H25ClFN3O3S. The molecule has 1 atom stereocenters. The smallest absolute Gasteiger partial charge is 0.246 e. The Balaban J connectivity index is 1.74. The number of piperazine rings is 1. The quantitative estimate of drug-likeness (QED) is 0.697. The molecule has 162 valence electrons. The average molecular weight is 454 g/mol. The molecular weight excluding hydrogens is 429 g/mol. The molecule has 1 heterocycles. The summed E-state index contributed by atoms with van der Waals surface area (Å²) in [4.78, 5) is 16.9. The summed E-state index contributed by atoms with van der Waals surface area (Å²) in [7, 11) is -3.74. The van der Waals surface area contributed by atoms with Gasteiger partial charge in [0.2, 0.25) is 15.9 Å². The molecule has 0 saturated carbocycles. The lowest BCUT2D eigenvalue weighted by Gasteiger charge is -2.39. The summed E-state index contributed by atoms with van der Waals surface area (Å²) in [5.41, 5.74) is 2.40.